The second-order valence-corrected chi connectivity index (χ2v) is 6.96. The van der Waals surface area contributed by atoms with Gasteiger partial charge < -0.3 is 10.1 Å². The van der Waals surface area contributed by atoms with E-state index in [9.17, 15) is 17.6 Å². The summed E-state index contributed by atoms with van der Waals surface area (Å²) in [4.78, 5) is 12.2. The highest BCUT2D eigenvalue weighted by Crippen LogP contribution is 2.21. The Labute approximate surface area is 164 Å². The van der Waals surface area contributed by atoms with Gasteiger partial charge in [-0.25, -0.2) is 9.18 Å². The van der Waals surface area contributed by atoms with Gasteiger partial charge in [0, 0.05) is 5.92 Å². The van der Waals surface area contributed by atoms with E-state index < -0.39 is 34.2 Å². The minimum atomic E-state index is -2.58. The first-order valence-electron chi connectivity index (χ1n) is 8.56. The number of amides is 1. The molecule has 1 amide bonds. The fraction of sp³-hybridized carbons (Fsp3) is 0.250. The molecule has 2 unspecified atom stereocenters. The summed E-state index contributed by atoms with van der Waals surface area (Å²) in [5.41, 5.74) is 1.14. The van der Waals surface area contributed by atoms with Crippen LogP contribution in [0.15, 0.2) is 48.5 Å². The monoisotopic (exact) mass is 402 g/mol. The summed E-state index contributed by atoms with van der Waals surface area (Å²) < 4.78 is 42.4. The molecule has 0 saturated heterocycles. The van der Waals surface area contributed by atoms with Crippen molar-refractivity contribution in [2.45, 2.75) is 32.2 Å². The molecular formula is C20H19FN2O4S. The number of carbonyl (C=O) groups excluding carboxylic acids is 1. The van der Waals surface area contributed by atoms with Crippen LogP contribution >= 0.6 is 0 Å². The predicted molar refractivity (Wildman–Crippen MR) is 103 cm³/mol. The molecule has 0 heterocycles. The number of ether oxygens (including phenoxy) is 1. The van der Waals surface area contributed by atoms with Gasteiger partial charge in [-0.3, -0.25) is 0 Å². The topological polar surface area (TPSA) is 96.3 Å². The summed E-state index contributed by atoms with van der Waals surface area (Å²) >= 11 is 0. The Morgan fingerprint density at radius 1 is 1.21 bits per heavy atom. The number of rotatable bonds is 6. The van der Waals surface area contributed by atoms with Gasteiger partial charge in [0.05, 0.1) is 22.5 Å². The van der Waals surface area contributed by atoms with Crippen LogP contribution in [0, 0.1) is 17.1 Å². The summed E-state index contributed by atoms with van der Waals surface area (Å²) in [7, 11) is -2.58. The molecule has 2 aromatic carbocycles. The van der Waals surface area contributed by atoms with Crippen molar-refractivity contribution in [2.24, 2.45) is 0 Å². The van der Waals surface area contributed by atoms with Crippen LogP contribution < -0.4 is 10.1 Å². The van der Waals surface area contributed by atoms with Crippen LogP contribution in [0.4, 0.5) is 9.18 Å². The quantitative estimate of drug-likeness (QED) is 0.747. The van der Waals surface area contributed by atoms with E-state index in [-0.39, 0.29) is 17.0 Å². The van der Waals surface area contributed by atoms with E-state index >= 15 is 0 Å². The number of benzene rings is 2. The summed E-state index contributed by atoms with van der Waals surface area (Å²) in [5, 5.41) is 11.4. The number of nitrogens with zero attached hydrogens (tertiary/aromatic N) is 1. The highest BCUT2D eigenvalue weighted by atomic mass is 32.2. The molecule has 0 spiro atoms. The number of hydrogen-bond acceptors (Lipinski definition) is 5. The van der Waals surface area contributed by atoms with E-state index in [0.29, 0.717) is 11.1 Å². The Hall–Kier alpha value is -3.18. The Morgan fingerprint density at radius 2 is 1.86 bits per heavy atom. The summed E-state index contributed by atoms with van der Waals surface area (Å²) in [5.74, 6) is -1.49. The molecule has 146 valence electrons. The van der Waals surface area contributed by atoms with Gasteiger partial charge in [-0.05, 0) is 36.2 Å². The fourth-order valence-corrected chi connectivity index (χ4v) is 3.63. The van der Waals surface area contributed by atoms with Crippen molar-refractivity contribution in [3.05, 3.63) is 65.5 Å². The molecule has 0 aromatic heterocycles. The summed E-state index contributed by atoms with van der Waals surface area (Å²) in [6.07, 6.45) is -0.664. The molecule has 1 N–H and O–H groups in total. The standard InChI is InChI=1S/C20H19FN2O4S/c1-3-17(23-20(24)27-18-7-5-4-6-16(18)21)19(28(25)26)13(2)15-10-8-14(12-22)9-11-15/h4-11,13,17H,3H2,1-2H3,(H,23,24). The van der Waals surface area contributed by atoms with Crippen molar-refractivity contribution in [3.8, 4) is 11.8 Å². The number of nitriles is 1. The Kier molecular flexibility index (Phi) is 7.29. The van der Waals surface area contributed by atoms with Crippen LogP contribution in [0.3, 0.4) is 0 Å². The van der Waals surface area contributed by atoms with E-state index in [4.69, 9.17) is 10.00 Å². The van der Waals surface area contributed by atoms with E-state index in [1.165, 1.54) is 18.2 Å². The molecule has 6 nitrogen and oxygen atoms in total. The molecule has 0 saturated carbocycles. The van der Waals surface area contributed by atoms with Gasteiger partial charge in [-0.15, -0.1) is 0 Å². The molecular weight excluding hydrogens is 383 g/mol. The van der Waals surface area contributed by atoms with Crippen molar-refractivity contribution < 1.29 is 22.3 Å². The summed E-state index contributed by atoms with van der Waals surface area (Å²) in [6.45, 7) is 3.41. The lowest BCUT2D eigenvalue weighted by atomic mass is 9.92. The number of hydrogen-bond donors (Lipinski definition) is 1. The first-order valence-corrected chi connectivity index (χ1v) is 9.63. The second-order valence-electron chi connectivity index (χ2n) is 6.02. The molecule has 8 heteroatoms. The smallest absolute Gasteiger partial charge is 0.407 e. The van der Waals surface area contributed by atoms with Crippen LogP contribution in [0.2, 0.25) is 0 Å². The van der Waals surface area contributed by atoms with Crippen molar-refractivity contribution in [2.75, 3.05) is 0 Å². The van der Waals surface area contributed by atoms with Gasteiger partial charge in [0.25, 0.3) is 0 Å². The van der Waals surface area contributed by atoms with Crippen molar-refractivity contribution in [3.63, 3.8) is 0 Å². The Bertz CT molecular complexity index is 1020. The Morgan fingerprint density at radius 3 is 2.39 bits per heavy atom. The van der Waals surface area contributed by atoms with Gasteiger partial charge in [-0.1, -0.05) is 38.1 Å². The van der Waals surface area contributed by atoms with Crippen molar-refractivity contribution in [1.29, 1.82) is 5.26 Å². The van der Waals surface area contributed by atoms with Gasteiger partial charge in [0.15, 0.2) is 11.6 Å². The SMILES string of the molecule is CCC(NC(=O)Oc1ccccc1F)C(C(C)c1ccc(C#N)cc1)=S(=O)=O. The highest BCUT2D eigenvalue weighted by molar-refractivity contribution is 7.73. The minimum absolute atomic E-state index is 0.0673. The number of nitrogens with one attached hydrogen (secondary N) is 1. The van der Waals surface area contributed by atoms with Crippen LogP contribution in [0.25, 0.3) is 0 Å². The first-order chi connectivity index (χ1) is 13.4. The zero-order valence-electron chi connectivity index (χ0n) is 15.3. The highest BCUT2D eigenvalue weighted by Gasteiger charge is 2.26. The van der Waals surface area contributed by atoms with Gasteiger partial charge in [-0.2, -0.15) is 13.7 Å². The van der Waals surface area contributed by atoms with Crippen molar-refractivity contribution >= 4 is 21.3 Å². The molecule has 2 rings (SSSR count). The second kappa shape index (κ2) is 9.67. The molecule has 2 aromatic rings. The minimum Gasteiger partial charge on any atom is -0.407 e. The zero-order valence-corrected chi connectivity index (χ0v) is 16.2. The third-order valence-corrected chi connectivity index (χ3v) is 5.27. The molecule has 0 aliphatic heterocycles. The van der Waals surface area contributed by atoms with E-state index in [1.807, 2.05) is 6.07 Å². The Balaban J connectivity index is 2.23. The average Bonchev–Trinajstić information content (AvgIpc) is 2.68. The van der Waals surface area contributed by atoms with Gasteiger partial charge in [0.2, 0.25) is 10.3 Å². The molecule has 0 radical (unpaired) electrons. The van der Waals surface area contributed by atoms with Crippen LogP contribution in [-0.4, -0.2) is 25.4 Å². The van der Waals surface area contributed by atoms with E-state index in [1.54, 1.807) is 38.1 Å². The fourth-order valence-electron chi connectivity index (χ4n) is 2.75. The molecule has 0 bridgehead atoms. The third kappa shape index (κ3) is 5.18. The largest absolute Gasteiger partial charge is 0.413 e. The predicted octanol–water partition coefficient (Wildman–Crippen LogP) is 3.42. The van der Waals surface area contributed by atoms with Crippen molar-refractivity contribution in [1.82, 2.24) is 5.32 Å². The maximum Gasteiger partial charge on any atom is 0.413 e. The average molecular weight is 402 g/mol. The van der Waals surface area contributed by atoms with Crippen LogP contribution in [-0.2, 0) is 10.3 Å². The molecule has 2 atom stereocenters. The third-order valence-electron chi connectivity index (χ3n) is 4.24. The molecule has 0 fully saturated rings. The van der Waals surface area contributed by atoms with Crippen LogP contribution in [0.1, 0.15) is 37.3 Å². The van der Waals surface area contributed by atoms with E-state index in [2.05, 4.69) is 5.32 Å². The number of para-hydroxylation sites is 1. The van der Waals surface area contributed by atoms with Gasteiger partial charge >= 0.3 is 6.09 Å². The first kappa shape index (κ1) is 21.1. The molecule has 28 heavy (non-hydrogen) atoms. The lowest BCUT2D eigenvalue weighted by Gasteiger charge is -2.22. The zero-order chi connectivity index (χ0) is 20.7. The maximum atomic E-state index is 13.6. The normalized spacial score (nSPS) is 12.4. The molecule has 0 aliphatic carbocycles. The lowest BCUT2D eigenvalue weighted by molar-refractivity contribution is 0.196. The van der Waals surface area contributed by atoms with Crippen LogP contribution in [0.5, 0.6) is 5.75 Å². The number of carbonyl (C=O) groups is 1. The number of halogens is 1. The molecule has 0 aliphatic rings. The van der Waals surface area contributed by atoms with Gasteiger partial charge in [0.1, 0.15) is 0 Å². The lowest BCUT2D eigenvalue weighted by Crippen LogP contribution is -2.44. The summed E-state index contributed by atoms with van der Waals surface area (Å²) in [6, 6.07) is 13.1. The van der Waals surface area contributed by atoms with E-state index in [0.717, 1.165) is 6.07 Å². The maximum absolute atomic E-state index is 13.6.